The zero-order valence-electron chi connectivity index (χ0n) is 13.3. The fraction of sp³-hybridized carbons (Fsp3) is 0.100. The van der Waals surface area contributed by atoms with Gasteiger partial charge in [-0.2, -0.15) is 0 Å². The fourth-order valence-electron chi connectivity index (χ4n) is 3.28. The van der Waals surface area contributed by atoms with E-state index in [9.17, 15) is 10.2 Å². The summed E-state index contributed by atoms with van der Waals surface area (Å²) in [4.78, 5) is 0. The lowest BCUT2D eigenvalue weighted by molar-refractivity contribution is 0.428. The van der Waals surface area contributed by atoms with Crippen LogP contribution in [0.1, 0.15) is 28.2 Å². The van der Waals surface area contributed by atoms with Gasteiger partial charge in [0.15, 0.2) is 0 Å². The molecule has 3 aromatic rings. The first-order chi connectivity index (χ1) is 12.0. The Morgan fingerprint density at radius 2 is 1.32 bits per heavy atom. The summed E-state index contributed by atoms with van der Waals surface area (Å²) < 4.78 is 5.90. The number of halogens is 2. The zero-order valence-corrected chi connectivity index (χ0v) is 14.8. The van der Waals surface area contributed by atoms with Crippen molar-refractivity contribution in [3.8, 4) is 23.0 Å². The lowest BCUT2D eigenvalue weighted by atomic mass is 9.81. The Labute approximate surface area is 155 Å². The number of fused-ring (bicyclic) bond motifs is 2. The average Bonchev–Trinajstić information content (AvgIpc) is 2.57. The maximum Gasteiger partial charge on any atom is 0.137 e. The Morgan fingerprint density at radius 1 is 0.800 bits per heavy atom. The molecule has 4 rings (SSSR count). The number of aryl methyl sites for hydroxylation is 1. The average molecular weight is 373 g/mol. The molecule has 5 heteroatoms. The van der Waals surface area contributed by atoms with E-state index in [-0.39, 0.29) is 27.5 Å². The third-order valence-corrected chi connectivity index (χ3v) is 5.11. The van der Waals surface area contributed by atoms with Crippen molar-refractivity contribution in [2.45, 2.75) is 12.8 Å². The minimum Gasteiger partial charge on any atom is -0.506 e. The zero-order chi connectivity index (χ0) is 17.7. The molecular weight excluding hydrogens is 359 g/mol. The van der Waals surface area contributed by atoms with Crippen molar-refractivity contribution in [1.29, 1.82) is 0 Å². The number of aromatic hydroxyl groups is 2. The molecule has 0 saturated heterocycles. The van der Waals surface area contributed by atoms with Gasteiger partial charge in [0.05, 0.1) is 10.0 Å². The van der Waals surface area contributed by atoms with E-state index >= 15 is 0 Å². The van der Waals surface area contributed by atoms with E-state index in [4.69, 9.17) is 27.9 Å². The van der Waals surface area contributed by atoms with Crippen LogP contribution < -0.4 is 4.74 Å². The molecule has 1 aliphatic heterocycles. The van der Waals surface area contributed by atoms with Crippen molar-refractivity contribution < 1.29 is 14.9 Å². The molecule has 3 aromatic carbocycles. The van der Waals surface area contributed by atoms with E-state index in [0.717, 1.165) is 22.3 Å². The first kappa shape index (κ1) is 16.1. The molecular formula is C20H14Cl2O3. The number of ether oxygens (including phenoxy) is 1. The Hall–Kier alpha value is -2.36. The Kier molecular flexibility index (Phi) is 3.78. The molecule has 0 bridgehead atoms. The highest BCUT2D eigenvalue weighted by Crippen LogP contribution is 2.52. The molecule has 2 N–H and O–H groups in total. The third-order valence-electron chi connectivity index (χ3n) is 4.50. The number of hydrogen-bond acceptors (Lipinski definition) is 3. The largest absolute Gasteiger partial charge is 0.506 e. The van der Waals surface area contributed by atoms with Gasteiger partial charge in [-0.25, -0.2) is 0 Å². The molecule has 1 aliphatic rings. The van der Waals surface area contributed by atoms with Crippen LogP contribution in [0.15, 0.2) is 48.5 Å². The van der Waals surface area contributed by atoms with Crippen molar-refractivity contribution in [3.63, 3.8) is 0 Å². The van der Waals surface area contributed by atoms with Crippen LogP contribution >= 0.6 is 23.2 Å². The van der Waals surface area contributed by atoms with Crippen molar-refractivity contribution in [1.82, 2.24) is 0 Å². The SMILES string of the molecule is Cc1ccccc1C1c2cc(Cl)c(O)cc2Oc2cc(O)c(Cl)cc21. The Morgan fingerprint density at radius 3 is 1.84 bits per heavy atom. The van der Waals surface area contributed by atoms with Crippen LogP contribution in [0.5, 0.6) is 23.0 Å². The minimum atomic E-state index is -0.170. The summed E-state index contributed by atoms with van der Waals surface area (Å²) in [7, 11) is 0. The van der Waals surface area contributed by atoms with E-state index < -0.39 is 0 Å². The highest BCUT2D eigenvalue weighted by atomic mass is 35.5. The predicted molar refractivity (Wildman–Crippen MR) is 98.4 cm³/mol. The first-order valence-electron chi connectivity index (χ1n) is 7.74. The number of hydrogen-bond donors (Lipinski definition) is 2. The van der Waals surface area contributed by atoms with Crippen LogP contribution in [-0.2, 0) is 0 Å². The van der Waals surface area contributed by atoms with Gasteiger partial charge >= 0.3 is 0 Å². The lowest BCUT2D eigenvalue weighted by Crippen LogP contribution is -2.13. The summed E-state index contributed by atoms with van der Waals surface area (Å²) in [5, 5.41) is 20.4. The first-order valence-corrected chi connectivity index (χ1v) is 8.49. The van der Waals surface area contributed by atoms with Gasteiger partial charge < -0.3 is 14.9 Å². The highest BCUT2D eigenvalue weighted by Gasteiger charge is 2.31. The molecule has 1 heterocycles. The molecule has 0 fully saturated rings. The van der Waals surface area contributed by atoms with E-state index in [1.54, 1.807) is 12.1 Å². The molecule has 0 atom stereocenters. The molecule has 0 unspecified atom stereocenters. The standard InChI is InChI=1S/C20H14Cl2O3/c1-10-4-2-3-5-11(10)20-12-6-14(21)16(23)8-18(12)25-19-9-17(24)15(22)7-13(19)20/h2-9,20,23-24H,1H3. The van der Waals surface area contributed by atoms with Crippen LogP contribution in [-0.4, -0.2) is 10.2 Å². The van der Waals surface area contributed by atoms with Crippen molar-refractivity contribution in [2.75, 3.05) is 0 Å². The maximum absolute atomic E-state index is 9.95. The van der Waals surface area contributed by atoms with Gasteiger partial charge in [-0.1, -0.05) is 47.5 Å². The quantitative estimate of drug-likeness (QED) is 0.430. The summed E-state index contributed by atoms with van der Waals surface area (Å²) in [6.07, 6.45) is 0. The van der Waals surface area contributed by atoms with Crippen LogP contribution in [0.25, 0.3) is 0 Å². The maximum atomic E-state index is 9.95. The van der Waals surface area contributed by atoms with Crippen LogP contribution in [0, 0.1) is 6.92 Å². The van der Waals surface area contributed by atoms with E-state index in [2.05, 4.69) is 0 Å². The third kappa shape index (κ3) is 2.60. The molecule has 25 heavy (non-hydrogen) atoms. The van der Waals surface area contributed by atoms with E-state index in [0.29, 0.717) is 11.5 Å². The van der Waals surface area contributed by atoms with Crippen LogP contribution in [0.2, 0.25) is 10.0 Å². The second kappa shape index (κ2) is 5.87. The normalized spacial score (nSPS) is 13.1. The number of rotatable bonds is 1. The van der Waals surface area contributed by atoms with Gasteiger partial charge in [-0.15, -0.1) is 0 Å². The number of benzene rings is 3. The fourth-order valence-corrected chi connectivity index (χ4v) is 3.62. The van der Waals surface area contributed by atoms with Gasteiger partial charge in [0, 0.05) is 29.2 Å². The van der Waals surface area contributed by atoms with Crippen molar-refractivity contribution in [3.05, 3.63) is 80.8 Å². The molecule has 0 amide bonds. The van der Waals surface area contributed by atoms with Crippen molar-refractivity contribution >= 4 is 23.2 Å². The van der Waals surface area contributed by atoms with Gasteiger partial charge in [-0.05, 0) is 30.2 Å². The number of phenolic OH excluding ortho intramolecular Hbond substituents is 2. The molecule has 3 nitrogen and oxygen atoms in total. The van der Waals surface area contributed by atoms with Gasteiger partial charge in [0.25, 0.3) is 0 Å². The monoisotopic (exact) mass is 372 g/mol. The summed E-state index contributed by atoms with van der Waals surface area (Å²) >= 11 is 12.3. The molecule has 0 spiro atoms. The minimum absolute atomic E-state index is 0.0504. The summed E-state index contributed by atoms with van der Waals surface area (Å²) in [6.45, 7) is 2.04. The molecule has 0 aromatic heterocycles. The van der Waals surface area contributed by atoms with Gasteiger partial charge in [-0.3, -0.25) is 0 Å². The molecule has 0 aliphatic carbocycles. The molecule has 0 saturated carbocycles. The number of phenols is 2. The smallest absolute Gasteiger partial charge is 0.137 e. The van der Waals surface area contributed by atoms with E-state index in [1.807, 2.05) is 31.2 Å². The van der Waals surface area contributed by atoms with E-state index in [1.165, 1.54) is 12.1 Å². The molecule has 0 radical (unpaired) electrons. The lowest BCUT2D eigenvalue weighted by Gasteiger charge is -2.30. The second-order valence-electron chi connectivity index (χ2n) is 6.07. The topological polar surface area (TPSA) is 49.7 Å². The van der Waals surface area contributed by atoms with Gasteiger partial charge in [0.1, 0.15) is 23.0 Å². The second-order valence-corrected chi connectivity index (χ2v) is 6.89. The van der Waals surface area contributed by atoms with Crippen molar-refractivity contribution in [2.24, 2.45) is 0 Å². The van der Waals surface area contributed by atoms with Crippen LogP contribution in [0.4, 0.5) is 0 Å². The Bertz CT molecular complexity index is 941. The summed E-state index contributed by atoms with van der Waals surface area (Å²) in [5.41, 5.74) is 3.87. The molecule has 126 valence electrons. The predicted octanol–water partition coefficient (Wildman–Crippen LogP) is 6.00. The Balaban J connectivity index is 2.04. The summed E-state index contributed by atoms with van der Waals surface area (Å²) in [5.74, 6) is 0.737. The van der Waals surface area contributed by atoms with Crippen LogP contribution in [0.3, 0.4) is 0 Å². The highest BCUT2D eigenvalue weighted by molar-refractivity contribution is 6.32. The summed E-state index contributed by atoms with van der Waals surface area (Å²) in [6, 6.07) is 14.5. The van der Waals surface area contributed by atoms with Gasteiger partial charge in [0.2, 0.25) is 0 Å².